The first-order valence-corrected chi connectivity index (χ1v) is 10.3. The number of hydrogen-bond donors (Lipinski definition) is 1. The van der Waals surface area contributed by atoms with Crippen molar-refractivity contribution in [3.63, 3.8) is 0 Å². The van der Waals surface area contributed by atoms with Crippen molar-refractivity contribution in [3.8, 4) is 11.5 Å². The predicted molar refractivity (Wildman–Crippen MR) is 120 cm³/mol. The highest BCUT2D eigenvalue weighted by Gasteiger charge is 2.22. The zero-order valence-electron chi connectivity index (χ0n) is 17.0. The summed E-state index contributed by atoms with van der Waals surface area (Å²) in [7, 11) is 1.67. The van der Waals surface area contributed by atoms with E-state index in [4.69, 9.17) is 14.5 Å². The third-order valence-corrected chi connectivity index (χ3v) is 5.68. The van der Waals surface area contributed by atoms with Gasteiger partial charge in [-0.2, -0.15) is 0 Å². The van der Waals surface area contributed by atoms with Crippen molar-refractivity contribution in [2.75, 3.05) is 12.4 Å². The number of fused-ring (bicyclic) bond motifs is 2. The molecule has 0 bridgehead atoms. The van der Waals surface area contributed by atoms with E-state index < -0.39 is 0 Å². The molecule has 4 aromatic rings. The maximum atomic E-state index is 6.11. The highest BCUT2D eigenvalue weighted by Crippen LogP contribution is 2.34. The minimum atomic E-state index is 0.318. The molecule has 0 aliphatic heterocycles. The Labute approximate surface area is 176 Å². The molecular weight excluding hydrogens is 372 g/mol. The van der Waals surface area contributed by atoms with Crippen LogP contribution in [0.4, 0.5) is 5.82 Å². The number of rotatable bonds is 6. The number of nitrogens with one attached hydrogen (secondary N) is 1. The van der Waals surface area contributed by atoms with Crippen LogP contribution in [0.1, 0.15) is 29.2 Å². The summed E-state index contributed by atoms with van der Waals surface area (Å²) >= 11 is 0. The molecule has 4 nitrogen and oxygen atoms in total. The molecule has 0 unspecified atom stereocenters. The van der Waals surface area contributed by atoms with E-state index in [0.29, 0.717) is 12.6 Å². The zero-order chi connectivity index (χ0) is 20.3. The summed E-state index contributed by atoms with van der Waals surface area (Å²) < 4.78 is 11.4. The Morgan fingerprint density at radius 1 is 0.967 bits per heavy atom. The van der Waals surface area contributed by atoms with Crippen LogP contribution in [-0.4, -0.2) is 12.1 Å². The number of aryl methyl sites for hydroxylation is 1. The Kier molecular flexibility index (Phi) is 4.98. The molecule has 1 N–H and O–H groups in total. The van der Waals surface area contributed by atoms with Gasteiger partial charge in [-0.3, -0.25) is 0 Å². The van der Waals surface area contributed by atoms with Gasteiger partial charge >= 0.3 is 0 Å². The fourth-order valence-corrected chi connectivity index (χ4v) is 4.14. The Morgan fingerprint density at radius 3 is 2.80 bits per heavy atom. The zero-order valence-corrected chi connectivity index (χ0v) is 17.0. The van der Waals surface area contributed by atoms with E-state index in [-0.39, 0.29) is 0 Å². The maximum Gasteiger partial charge on any atom is 0.129 e. The molecule has 1 aliphatic rings. The van der Waals surface area contributed by atoms with Crippen molar-refractivity contribution < 1.29 is 9.47 Å². The molecule has 0 amide bonds. The first-order chi connectivity index (χ1) is 14.8. The Bertz CT molecular complexity index is 1190. The number of aromatic nitrogens is 1. The number of nitrogens with zero attached hydrogens (tertiary/aromatic N) is 1. The molecule has 0 saturated carbocycles. The minimum absolute atomic E-state index is 0.318. The second-order valence-electron chi connectivity index (χ2n) is 7.59. The number of benzene rings is 3. The largest absolute Gasteiger partial charge is 0.497 e. The van der Waals surface area contributed by atoms with Crippen LogP contribution in [0.5, 0.6) is 11.5 Å². The van der Waals surface area contributed by atoms with Gasteiger partial charge in [-0.25, -0.2) is 4.98 Å². The number of pyridine rings is 1. The van der Waals surface area contributed by atoms with E-state index in [2.05, 4.69) is 35.6 Å². The third kappa shape index (κ3) is 3.69. The van der Waals surface area contributed by atoms with E-state index in [1.807, 2.05) is 48.5 Å². The van der Waals surface area contributed by atoms with Crippen molar-refractivity contribution in [1.29, 1.82) is 0 Å². The van der Waals surface area contributed by atoms with Gasteiger partial charge in [0.1, 0.15) is 23.9 Å². The van der Waals surface area contributed by atoms with Crippen LogP contribution in [0.25, 0.3) is 10.9 Å². The molecule has 30 heavy (non-hydrogen) atoms. The topological polar surface area (TPSA) is 43.4 Å². The molecule has 4 heteroatoms. The Hall–Kier alpha value is -3.53. The van der Waals surface area contributed by atoms with Gasteiger partial charge in [-0.15, -0.1) is 0 Å². The molecule has 0 spiro atoms. The van der Waals surface area contributed by atoms with Gasteiger partial charge in [-0.1, -0.05) is 42.5 Å². The molecule has 0 saturated heterocycles. The van der Waals surface area contributed by atoms with Gasteiger partial charge in [0.15, 0.2) is 0 Å². The number of ether oxygens (including phenoxy) is 2. The molecule has 150 valence electrons. The monoisotopic (exact) mass is 396 g/mol. The van der Waals surface area contributed by atoms with Gasteiger partial charge < -0.3 is 14.8 Å². The molecule has 5 rings (SSSR count). The van der Waals surface area contributed by atoms with E-state index in [9.17, 15) is 0 Å². The second-order valence-corrected chi connectivity index (χ2v) is 7.59. The van der Waals surface area contributed by atoms with Crippen molar-refractivity contribution in [1.82, 2.24) is 4.98 Å². The van der Waals surface area contributed by atoms with E-state index in [1.54, 1.807) is 7.11 Å². The summed E-state index contributed by atoms with van der Waals surface area (Å²) in [5, 5.41) is 4.63. The molecule has 0 fully saturated rings. The van der Waals surface area contributed by atoms with Gasteiger partial charge in [0, 0.05) is 5.39 Å². The number of methoxy groups -OCH3 is 1. The van der Waals surface area contributed by atoms with Crippen LogP contribution >= 0.6 is 0 Å². The molecule has 1 aromatic heterocycles. The summed E-state index contributed by atoms with van der Waals surface area (Å²) in [5.74, 6) is 2.56. The molecule has 1 atom stereocenters. The Balaban J connectivity index is 1.35. The SMILES string of the molecule is COc1cccc(COc2cccc3nc(N[C@@H]4CCc5ccccc54)ccc23)c1. The third-order valence-electron chi connectivity index (χ3n) is 5.68. The lowest BCUT2D eigenvalue weighted by atomic mass is 10.1. The first-order valence-electron chi connectivity index (χ1n) is 10.3. The average Bonchev–Trinajstić information content (AvgIpc) is 3.20. The second kappa shape index (κ2) is 8.07. The van der Waals surface area contributed by atoms with E-state index in [1.165, 1.54) is 11.1 Å². The summed E-state index contributed by atoms with van der Waals surface area (Å²) in [6.07, 6.45) is 2.21. The lowest BCUT2D eigenvalue weighted by Gasteiger charge is -2.16. The molecule has 0 radical (unpaired) electrons. The fourth-order valence-electron chi connectivity index (χ4n) is 4.14. The lowest BCUT2D eigenvalue weighted by Crippen LogP contribution is -2.08. The molecule has 3 aromatic carbocycles. The first kappa shape index (κ1) is 18.5. The van der Waals surface area contributed by atoms with Crippen LogP contribution in [0.3, 0.4) is 0 Å². The van der Waals surface area contributed by atoms with Gasteiger partial charge in [0.2, 0.25) is 0 Å². The van der Waals surface area contributed by atoms with Crippen molar-refractivity contribution in [2.45, 2.75) is 25.5 Å². The van der Waals surface area contributed by atoms with E-state index in [0.717, 1.165) is 46.6 Å². The smallest absolute Gasteiger partial charge is 0.129 e. The van der Waals surface area contributed by atoms with Crippen LogP contribution in [0.15, 0.2) is 78.9 Å². The van der Waals surface area contributed by atoms with E-state index >= 15 is 0 Å². The molecule has 1 heterocycles. The predicted octanol–water partition coefficient (Wildman–Crippen LogP) is 5.92. The summed E-state index contributed by atoms with van der Waals surface area (Å²) in [6, 6.07) is 27.1. The van der Waals surface area contributed by atoms with Crippen molar-refractivity contribution in [2.24, 2.45) is 0 Å². The Morgan fingerprint density at radius 2 is 1.87 bits per heavy atom. The minimum Gasteiger partial charge on any atom is -0.497 e. The average molecular weight is 396 g/mol. The summed E-state index contributed by atoms with van der Waals surface area (Å²) in [4.78, 5) is 4.84. The van der Waals surface area contributed by atoms with Crippen molar-refractivity contribution in [3.05, 3.63) is 95.6 Å². The summed E-state index contributed by atoms with van der Waals surface area (Å²) in [5.41, 5.74) is 4.81. The highest BCUT2D eigenvalue weighted by atomic mass is 16.5. The standard InChI is InChI=1S/C26H24N2O2/c1-29-20-8-4-6-18(16-20)17-30-25-11-5-10-23-22(25)13-15-26(27-23)28-24-14-12-19-7-2-3-9-21(19)24/h2-11,13,15-16,24H,12,14,17H2,1H3,(H,27,28)/t24-/m1/s1. The molecular formula is C26H24N2O2. The quantitative estimate of drug-likeness (QED) is 0.439. The normalized spacial score (nSPS) is 15.0. The number of hydrogen-bond acceptors (Lipinski definition) is 4. The maximum absolute atomic E-state index is 6.11. The summed E-state index contributed by atoms with van der Waals surface area (Å²) in [6.45, 7) is 0.481. The van der Waals surface area contributed by atoms with Crippen LogP contribution in [0, 0.1) is 0 Å². The fraction of sp³-hybridized carbons (Fsp3) is 0.192. The van der Waals surface area contributed by atoms with Gasteiger partial charge in [0.25, 0.3) is 0 Å². The van der Waals surface area contributed by atoms with Gasteiger partial charge in [0.05, 0.1) is 18.7 Å². The van der Waals surface area contributed by atoms with Crippen LogP contribution < -0.4 is 14.8 Å². The number of anilines is 1. The lowest BCUT2D eigenvalue weighted by molar-refractivity contribution is 0.309. The van der Waals surface area contributed by atoms with Crippen LogP contribution in [-0.2, 0) is 13.0 Å². The highest BCUT2D eigenvalue weighted by molar-refractivity contribution is 5.86. The molecule has 1 aliphatic carbocycles. The van der Waals surface area contributed by atoms with Gasteiger partial charge in [-0.05, 0) is 65.9 Å². The van der Waals surface area contributed by atoms with Crippen LogP contribution in [0.2, 0.25) is 0 Å². The van der Waals surface area contributed by atoms with Crippen molar-refractivity contribution >= 4 is 16.7 Å².